The van der Waals surface area contributed by atoms with Crippen molar-refractivity contribution < 1.29 is 17.9 Å². The molecular weight excluding hydrogens is 416 g/mol. The Labute approximate surface area is 179 Å². The Kier molecular flexibility index (Phi) is 5.35. The third-order valence-electron chi connectivity index (χ3n) is 4.77. The van der Waals surface area contributed by atoms with E-state index in [1.807, 2.05) is 24.3 Å². The van der Waals surface area contributed by atoms with Crippen LogP contribution >= 0.6 is 0 Å². The molecule has 0 aliphatic heterocycles. The smallest absolute Gasteiger partial charge is 0.270 e. The number of anilines is 1. The molecule has 0 spiro atoms. The van der Waals surface area contributed by atoms with Crippen LogP contribution in [-0.2, 0) is 10.0 Å². The van der Waals surface area contributed by atoms with Crippen LogP contribution in [-0.4, -0.2) is 31.1 Å². The Morgan fingerprint density at radius 3 is 2.58 bits per heavy atom. The molecule has 158 valence electrons. The maximum Gasteiger partial charge on any atom is 0.270 e. The number of nitrogens with one attached hydrogen (secondary N) is 2. The van der Waals surface area contributed by atoms with Gasteiger partial charge in [0.2, 0.25) is 0 Å². The topological polar surface area (TPSA) is 102 Å². The van der Waals surface area contributed by atoms with Crippen LogP contribution < -0.4 is 14.9 Å². The number of benzene rings is 3. The highest BCUT2D eigenvalue weighted by atomic mass is 32.2. The summed E-state index contributed by atoms with van der Waals surface area (Å²) in [5.41, 5.74) is 5.20. The van der Waals surface area contributed by atoms with Gasteiger partial charge in [0, 0.05) is 5.56 Å². The summed E-state index contributed by atoms with van der Waals surface area (Å²) in [6.07, 6.45) is 1.50. The summed E-state index contributed by atoms with van der Waals surface area (Å²) < 4.78 is 35.3. The molecule has 9 heteroatoms. The lowest BCUT2D eigenvalue weighted by atomic mass is 10.1. The fraction of sp³-hybridized carbons (Fsp3) is 0.0909. The molecule has 0 fully saturated rings. The molecule has 0 radical (unpaired) electrons. The summed E-state index contributed by atoms with van der Waals surface area (Å²) in [6.45, 7) is 1.67. The summed E-state index contributed by atoms with van der Waals surface area (Å²) in [4.78, 5) is 17.0. The standard InChI is InChI=1S/C22H20N4O4S/c1-15-11-12-16(22(27)24-26-14-23-17-7-3-5-9-19(17)26)13-21(15)31(28,29)25-18-8-4-6-10-20(18)30-2/h3-14,25H,1-2H3,(H,24,27). The second-order valence-electron chi connectivity index (χ2n) is 6.83. The minimum Gasteiger partial charge on any atom is -0.495 e. The van der Waals surface area contributed by atoms with E-state index in [-0.39, 0.29) is 10.5 Å². The van der Waals surface area contributed by atoms with Crippen LogP contribution in [0.4, 0.5) is 5.69 Å². The number of para-hydroxylation sites is 4. The van der Waals surface area contributed by atoms with Crippen LogP contribution in [0.2, 0.25) is 0 Å². The van der Waals surface area contributed by atoms with E-state index in [0.29, 0.717) is 17.0 Å². The van der Waals surface area contributed by atoms with Crippen molar-refractivity contribution in [1.82, 2.24) is 9.66 Å². The number of aromatic nitrogens is 2. The molecule has 31 heavy (non-hydrogen) atoms. The second kappa shape index (κ2) is 8.11. The molecule has 2 N–H and O–H groups in total. The summed E-state index contributed by atoms with van der Waals surface area (Å²) >= 11 is 0. The number of aryl methyl sites for hydroxylation is 1. The quantitative estimate of drug-likeness (QED) is 0.481. The Morgan fingerprint density at radius 1 is 1.03 bits per heavy atom. The molecule has 4 rings (SSSR count). The van der Waals surface area contributed by atoms with E-state index in [4.69, 9.17) is 4.74 Å². The van der Waals surface area contributed by atoms with Crippen LogP contribution in [0.5, 0.6) is 5.75 Å². The van der Waals surface area contributed by atoms with Gasteiger partial charge in [-0.1, -0.05) is 30.3 Å². The van der Waals surface area contributed by atoms with Gasteiger partial charge < -0.3 is 4.74 Å². The highest BCUT2D eigenvalue weighted by Crippen LogP contribution is 2.27. The first kappa shape index (κ1) is 20.4. The van der Waals surface area contributed by atoms with Gasteiger partial charge in [-0.3, -0.25) is 14.9 Å². The summed E-state index contributed by atoms with van der Waals surface area (Å²) in [7, 11) is -2.50. The highest BCUT2D eigenvalue weighted by molar-refractivity contribution is 7.92. The predicted octanol–water partition coefficient (Wildman–Crippen LogP) is 3.54. The zero-order valence-corrected chi connectivity index (χ0v) is 17.7. The van der Waals surface area contributed by atoms with Gasteiger partial charge in [-0.2, -0.15) is 0 Å². The van der Waals surface area contributed by atoms with E-state index in [1.54, 1.807) is 43.3 Å². The van der Waals surface area contributed by atoms with Gasteiger partial charge in [0.1, 0.15) is 12.1 Å². The number of amides is 1. The number of rotatable bonds is 6. The SMILES string of the molecule is COc1ccccc1NS(=O)(=O)c1cc(C(=O)Nn2cnc3ccccc32)ccc1C. The number of fused-ring (bicyclic) bond motifs is 1. The zero-order valence-electron chi connectivity index (χ0n) is 16.9. The maximum absolute atomic E-state index is 13.0. The number of hydrogen-bond acceptors (Lipinski definition) is 5. The van der Waals surface area contributed by atoms with E-state index in [1.165, 1.54) is 24.2 Å². The highest BCUT2D eigenvalue weighted by Gasteiger charge is 2.21. The number of hydrogen-bond donors (Lipinski definition) is 2. The van der Waals surface area contributed by atoms with Crippen molar-refractivity contribution in [1.29, 1.82) is 0 Å². The molecule has 3 aromatic carbocycles. The van der Waals surface area contributed by atoms with Crippen LogP contribution in [0.3, 0.4) is 0 Å². The lowest BCUT2D eigenvalue weighted by Crippen LogP contribution is -2.23. The summed E-state index contributed by atoms with van der Waals surface area (Å²) in [5.74, 6) is -0.0680. The molecular formula is C22H20N4O4S. The average Bonchev–Trinajstić information content (AvgIpc) is 3.17. The molecule has 0 unspecified atom stereocenters. The van der Waals surface area contributed by atoms with Crippen molar-refractivity contribution in [2.24, 2.45) is 0 Å². The number of imidazole rings is 1. The van der Waals surface area contributed by atoms with Crippen molar-refractivity contribution in [2.75, 3.05) is 17.3 Å². The molecule has 1 heterocycles. The number of methoxy groups -OCH3 is 1. The Morgan fingerprint density at radius 2 is 1.77 bits per heavy atom. The summed E-state index contributed by atoms with van der Waals surface area (Å²) in [5, 5.41) is 0. The monoisotopic (exact) mass is 436 g/mol. The third-order valence-corrected chi connectivity index (χ3v) is 6.27. The molecule has 0 bridgehead atoms. The molecule has 0 saturated heterocycles. The molecule has 4 aromatic rings. The molecule has 8 nitrogen and oxygen atoms in total. The van der Waals surface area contributed by atoms with Gasteiger partial charge in [-0.05, 0) is 48.9 Å². The van der Waals surface area contributed by atoms with Gasteiger partial charge in [0.15, 0.2) is 0 Å². The van der Waals surface area contributed by atoms with Gasteiger partial charge in [0.05, 0.1) is 28.7 Å². The first-order valence-corrected chi connectivity index (χ1v) is 10.9. The van der Waals surface area contributed by atoms with E-state index in [0.717, 1.165) is 11.0 Å². The van der Waals surface area contributed by atoms with Crippen LogP contribution in [0.1, 0.15) is 15.9 Å². The number of ether oxygens (including phenoxy) is 1. The Bertz CT molecular complexity index is 1380. The predicted molar refractivity (Wildman–Crippen MR) is 118 cm³/mol. The third kappa shape index (κ3) is 4.08. The van der Waals surface area contributed by atoms with Crippen LogP contribution in [0, 0.1) is 6.92 Å². The lowest BCUT2D eigenvalue weighted by molar-refractivity contribution is 0.101. The zero-order chi connectivity index (χ0) is 22.0. The van der Waals surface area contributed by atoms with E-state index in [2.05, 4.69) is 15.1 Å². The van der Waals surface area contributed by atoms with E-state index in [9.17, 15) is 13.2 Å². The Hall–Kier alpha value is -3.85. The largest absolute Gasteiger partial charge is 0.495 e. The van der Waals surface area contributed by atoms with Crippen molar-refractivity contribution in [3.8, 4) is 5.75 Å². The van der Waals surface area contributed by atoms with E-state index >= 15 is 0 Å². The van der Waals surface area contributed by atoms with Crippen LogP contribution in [0.25, 0.3) is 11.0 Å². The average molecular weight is 436 g/mol. The van der Waals surface area contributed by atoms with Crippen LogP contribution in [0.15, 0.2) is 78.0 Å². The molecule has 0 aliphatic rings. The fourth-order valence-corrected chi connectivity index (χ4v) is 4.52. The first-order valence-electron chi connectivity index (χ1n) is 9.39. The van der Waals surface area contributed by atoms with Gasteiger partial charge in [-0.15, -0.1) is 0 Å². The molecule has 0 saturated carbocycles. The minimum atomic E-state index is -3.96. The maximum atomic E-state index is 13.0. The minimum absolute atomic E-state index is 0.00143. The molecule has 1 amide bonds. The molecule has 0 atom stereocenters. The second-order valence-corrected chi connectivity index (χ2v) is 8.48. The van der Waals surface area contributed by atoms with Gasteiger partial charge in [0.25, 0.3) is 15.9 Å². The molecule has 0 aliphatic carbocycles. The van der Waals surface area contributed by atoms with E-state index < -0.39 is 15.9 Å². The lowest BCUT2D eigenvalue weighted by Gasteiger charge is -2.14. The number of nitrogens with zero attached hydrogens (tertiary/aromatic N) is 2. The normalized spacial score (nSPS) is 11.3. The Balaban J connectivity index is 1.64. The number of carbonyl (C=O) groups is 1. The van der Waals surface area contributed by atoms with Gasteiger partial charge in [-0.25, -0.2) is 18.1 Å². The first-order chi connectivity index (χ1) is 14.9. The van der Waals surface area contributed by atoms with Crippen molar-refractivity contribution >= 4 is 32.7 Å². The summed E-state index contributed by atoms with van der Waals surface area (Å²) in [6, 6.07) is 18.6. The number of sulfonamides is 1. The van der Waals surface area contributed by atoms with Crippen molar-refractivity contribution in [3.05, 3.63) is 84.2 Å². The van der Waals surface area contributed by atoms with Crippen molar-refractivity contribution in [3.63, 3.8) is 0 Å². The molecule has 1 aromatic heterocycles. The number of carbonyl (C=O) groups excluding carboxylic acids is 1. The fourth-order valence-electron chi connectivity index (χ4n) is 3.18. The van der Waals surface area contributed by atoms with Gasteiger partial charge >= 0.3 is 0 Å². The van der Waals surface area contributed by atoms with Crippen molar-refractivity contribution in [2.45, 2.75) is 11.8 Å².